The molecule has 1 amide bonds. The first-order valence-corrected chi connectivity index (χ1v) is 10.5. The van der Waals surface area contributed by atoms with Crippen molar-refractivity contribution < 1.29 is 9.53 Å². The van der Waals surface area contributed by atoms with Crippen LogP contribution < -0.4 is 5.32 Å². The Morgan fingerprint density at radius 3 is 3.04 bits per heavy atom. The highest BCUT2D eigenvalue weighted by Gasteiger charge is 2.27. The highest BCUT2D eigenvalue weighted by Crippen LogP contribution is 2.29. The van der Waals surface area contributed by atoms with Crippen molar-refractivity contribution in [1.82, 2.24) is 20.0 Å². The Morgan fingerprint density at radius 1 is 1.36 bits per heavy atom. The van der Waals surface area contributed by atoms with Gasteiger partial charge in [0, 0.05) is 74.2 Å². The lowest BCUT2D eigenvalue weighted by molar-refractivity contribution is 0.0940. The van der Waals surface area contributed by atoms with E-state index in [4.69, 9.17) is 4.74 Å². The van der Waals surface area contributed by atoms with Gasteiger partial charge in [0.05, 0.1) is 0 Å². The summed E-state index contributed by atoms with van der Waals surface area (Å²) in [6.45, 7) is 3.89. The number of rotatable bonds is 7. The van der Waals surface area contributed by atoms with Gasteiger partial charge in [0.15, 0.2) is 5.69 Å². The molecule has 1 aliphatic heterocycles. The van der Waals surface area contributed by atoms with Crippen molar-refractivity contribution in [3.63, 3.8) is 0 Å². The second kappa shape index (κ2) is 8.43. The van der Waals surface area contributed by atoms with Gasteiger partial charge in [-0.25, -0.2) is 0 Å². The molecule has 0 saturated heterocycles. The molecule has 0 aliphatic carbocycles. The van der Waals surface area contributed by atoms with E-state index in [-0.39, 0.29) is 5.91 Å². The van der Waals surface area contributed by atoms with Gasteiger partial charge >= 0.3 is 0 Å². The smallest absolute Gasteiger partial charge is 0.272 e. The van der Waals surface area contributed by atoms with Gasteiger partial charge in [0.25, 0.3) is 5.91 Å². The zero-order valence-electron chi connectivity index (χ0n) is 16.4. The second-order valence-electron chi connectivity index (χ2n) is 7.21. The molecule has 4 rings (SSSR count). The summed E-state index contributed by atoms with van der Waals surface area (Å²) in [5.74, 6) is -0.0864. The maximum atomic E-state index is 12.6. The standard InChI is InChI=1S/C21H26N4O2S/c1-24-18-8-10-25(13-16-12-15-6-3-4-7-19(15)28-16)14-17(18)20(23-24)21(26)22-9-5-11-27-2/h3-4,6-7,12H,5,8-11,13-14H2,1-2H3,(H,22,26). The van der Waals surface area contributed by atoms with Crippen LogP contribution in [0.3, 0.4) is 0 Å². The summed E-state index contributed by atoms with van der Waals surface area (Å²) >= 11 is 1.85. The number of nitrogens with one attached hydrogen (secondary N) is 1. The first kappa shape index (κ1) is 19.1. The maximum Gasteiger partial charge on any atom is 0.272 e. The number of carbonyl (C=O) groups excluding carboxylic acids is 1. The summed E-state index contributed by atoms with van der Waals surface area (Å²) in [5, 5.41) is 8.79. The van der Waals surface area contributed by atoms with Crippen LogP contribution in [-0.4, -0.2) is 47.4 Å². The van der Waals surface area contributed by atoms with Gasteiger partial charge in [-0.1, -0.05) is 18.2 Å². The number of aryl methyl sites for hydroxylation is 1. The lowest BCUT2D eigenvalue weighted by Gasteiger charge is -2.26. The fourth-order valence-electron chi connectivity index (χ4n) is 3.80. The Morgan fingerprint density at radius 2 is 2.21 bits per heavy atom. The van der Waals surface area contributed by atoms with E-state index >= 15 is 0 Å². The third-order valence-corrected chi connectivity index (χ3v) is 6.30. The predicted octanol–water partition coefficient (Wildman–Crippen LogP) is 2.96. The number of carbonyl (C=O) groups is 1. The van der Waals surface area contributed by atoms with E-state index in [0.717, 1.165) is 38.0 Å². The minimum absolute atomic E-state index is 0.0864. The molecule has 28 heavy (non-hydrogen) atoms. The van der Waals surface area contributed by atoms with Crippen LogP contribution >= 0.6 is 11.3 Å². The van der Waals surface area contributed by atoms with Crippen LogP contribution in [0.4, 0.5) is 0 Å². The predicted molar refractivity (Wildman–Crippen MR) is 112 cm³/mol. The van der Waals surface area contributed by atoms with Crippen LogP contribution in [0.2, 0.25) is 0 Å². The molecule has 6 nitrogen and oxygen atoms in total. The number of amides is 1. The van der Waals surface area contributed by atoms with Crippen molar-refractivity contribution in [3.8, 4) is 0 Å². The molecular formula is C21H26N4O2S. The SMILES string of the molecule is COCCCNC(=O)c1nn(C)c2c1CN(Cc1cc3ccccc3s1)CC2. The van der Waals surface area contributed by atoms with Crippen LogP contribution in [-0.2, 0) is 31.3 Å². The number of hydrogen-bond donors (Lipinski definition) is 1. The fourth-order valence-corrected chi connectivity index (χ4v) is 4.91. The zero-order valence-corrected chi connectivity index (χ0v) is 17.2. The average molecular weight is 399 g/mol. The minimum Gasteiger partial charge on any atom is -0.385 e. The molecule has 3 aromatic rings. The highest BCUT2D eigenvalue weighted by atomic mass is 32.1. The molecule has 3 heterocycles. The molecule has 0 bridgehead atoms. The molecule has 0 saturated carbocycles. The first-order valence-electron chi connectivity index (χ1n) is 9.67. The van der Waals surface area contributed by atoms with E-state index in [1.807, 2.05) is 23.1 Å². The molecule has 0 fully saturated rings. The summed E-state index contributed by atoms with van der Waals surface area (Å²) in [7, 11) is 3.60. The van der Waals surface area contributed by atoms with E-state index in [1.54, 1.807) is 7.11 Å². The molecular weight excluding hydrogens is 372 g/mol. The maximum absolute atomic E-state index is 12.6. The van der Waals surface area contributed by atoms with Crippen LogP contribution in [0.1, 0.15) is 33.0 Å². The lowest BCUT2D eigenvalue weighted by atomic mass is 10.0. The number of hydrogen-bond acceptors (Lipinski definition) is 5. The second-order valence-corrected chi connectivity index (χ2v) is 8.38. The summed E-state index contributed by atoms with van der Waals surface area (Å²) in [6, 6.07) is 10.8. The van der Waals surface area contributed by atoms with Crippen LogP contribution in [0.15, 0.2) is 30.3 Å². The molecule has 2 aromatic heterocycles. The van der Waals surface area contributed by atoms with Crippen molar-refractivity contribution in [3.05, 3.63) is 52.2 Å². The Hall–Kier alpha value is -2.22. The van der Waals surface area contributed by atoms with Crippen molar-refractivity contribution in [2.45, 2.75) is 25.9 Å². The Bertz CT molecular complexity index is 945. The topological polar surface area (TPSA) is 59.4 Å². The number of nitrogens with zero attached hydrogens (tertiary/aromatic N) is 3. The fraction of sp³-hybridized carbons (Fsp3) is 0.429. The van der Waals surface area contributed by atoms with Crippen molar-refractivity contribution in [1.29, 1.82) is 0 Å². The normalized spacial score (nSPS) is 14.4. The van der Waals surface area contributed by atoms with Gasteiger partial charge < -0.3 is 10.1 Å². The van der Waals surface area contributed by atoms with E-state index < -0.39 is 0 Å². The number of thiophene rings is 1. The van der Waals surface area contributed by atoms with Gasteiger partial charge in [-0.3, -0.25) is 14.4 Å². The van der Waals surface area contributed by atoms with Gasteiger partial charge in [-0.2, -0.15) is 5.10 Å². The molecule has 0 radical (unpaired) electrons. The number of benzene rings is 1. The lowest BCUT2D eigenvalue weighted by Crippen LogP contribution is -2.32. The van der Waals surface area contributed by atoms with Crippen LogP contribution in [0.25, 0.3) is 10.1 Å². The summed E-state index contributed by atoms with van der Waals surface area (Å²) < 4.78 is 8.24. The molecule has 0 unspecified atom stereocenters. The van der Waals surface area contributed by atoms with Gasteiger partial charge in [-0.15, -0.1) is 11.3 Å². The first-order chi connectivity index (χ1) is 13.7. The number of aromatic nitrogens is 2. The average Bonchev–Trinajstić information content (AvgIpc) is 3.25. The Labute approximate surface area is 169 Å². The molecule has 1 aliphatic rings. The van der Waals surface area contributed by atoms with Gasteiger partial charge in [-0.05, 0) is 23.9 Å². The molecule has 148 valence electrons. The largest absolute Gasteiger partial charge is 0.385 e. The molecule has 0 spiro atoms. The van der Waals surface area contributed by atoms with Crippen LogP contribution in [0.5, 0.6) is 0 Å². The molecule has 1 N–H and O–H groups in total. The number of fused-ring (bicyclic) bond motifs is 2. The zero-order chi connectivity index (χ0) is 19.5. The van der Waals surface area contributed by atoms with E-state index in [1.165, 1.54) is 20.7 Å². The van der Waals surface area contributed by atoms with Crippen molar-refractivity contribution in [2.24, 2.45) is 7.05 Å². The van der Waals surface area contributed by atoms with Crippen molar-refractivity contribution in [2.75, 3.05) is 26.8 Å². The van der Waals surface area contributed by atoms with E-state index in [9.17, 15) is 4.79 Å². The van der Waals surface area contributed by atoms with Crippen molar-refractivity contribution >= 4 is 27.3 Å². The third kappa shape index (κ3) is 3.97. The monoisotopic (exact) mass is 398 g/mol. The van der Waals surface area contributed by atoms with Crippen LogP contribution in [0, 0.1) is 0 Å². The Kier molecular flexibility index (Phi) is 5.75. The number of methoxy groups -OCH3 is 1. The minimum atomic E-state index is -0.0864. The molecule has 7 heteroatoms. The third-order valence-electron chi connectivity index (χ3n) is 5.20. The summed E-state index contributed by atoms with van der Waals surface area (Å²) in [5.41, 5.74) is 2.81. The van der Waals surface area contributed by atoms with Gasteiger partial charge in [0.2, 0.25) is 0 Å². The van der Waals surface area contributed by atoms with E-state index in [0.29, 0.717) is 18.8 Å². The van der Waals surface area contributed by atoms with E-state index in [2.05, 4.69) is 45.6 Å². The Balaban J connectivity index is 1.47. The van der Waals surface area contributed by atoms with Gasteiger partial charge in [0.1, 0.15) is 0 Å². The number of ether oxygens (including phenoxy) is 1. The summed E-state index contributed by atoms with van der Waals surface area (Å²) in [4.78, 5) is 16.4. The molecule has 0 atom stereocenters. The highest BCUT2D eigenvalue weighted by molar-refractivity contribution is 7.19. The quantitative estimate of drug-likeness (QED) is 0.622. The summed E-state index contributed by atoms with van der Waals surface area (Å²) in [6.07, 6.45) is 1.72. The molecule has 1 aromatic carbocycles.